The summed E-state index contributed by atoms with van der Waals surface area (Å²) < 4.78 is 5.96. The van der Waals surface area contributed by atoms with Crippen LogP contribution in [0.5, 0.6) is 0 Å². The number of aliphatic hydroxyl groups excluding tert-OH is 2. The molecule has 1 saturated carbocycles. The Bertz CT molecular complexity index is 968. The van der Waals surface area contributed by atoms with Gasteiger partial charge in [0.05, 0.1) is 29.7 Å². The van der Waals surface area contributed by atoms with Gasteiger partial charge in [0, 0.05) is 12.1 Å². The third-order valence-electron chi connectivity index (χ3n) is 8.87. The zero-order chi connectivity index (χ0) is 26.8. The number of carbonyl (C=O) groups excluding carboxylic acids is 2. The van der Waals surface area contributed by atoms with Crippen molar-refractivity contribution in [3.8, 4) is 0 Å². The highest BCUT2D eigenvalue weighted by Crippen LogP contribution is 2.58. The molecule has 0 bridgehead atoms. The summed E-state index contributed by atoms with van der Waals surface area (Å²) in [7, 11) is 0. The van der Waals surface area contributed by atoms with Gasteiger partial charge in [-0.1, -0.05) is 47.1 Å². The molecule has 1 aliphatic carbocycles. The van der Waals surface area contributed by atoms with Crippen molar-refractivity contribution in [2.45, 2.75) is 105 Å². The molecule has 6 heteroatoms. The molecule has 1 aromatic heterocycles. The van der Waals surface area contributed by atoms with Gasteiger partial charge in [0.1, 0.15) is 11.9 Å². The lowest BCUT2D eigenvalue weighted by molar-refractivity contribution is -0.154. The number of ketones is 1. The summed E-state index contributed by atoms with van der Waals surface area (Å²) in [5.41, 5.74) is 1.82. The van der Waals surface area contributed by atoms with E-state index < -0.39 is 35.6 Å². The molecule has 2 N–H and O–H groups in total. The average Bonchev–Trinajstić information content (AvgIpc) is 3.46. The number of hydrogen-bond donors (Lipinski definition) is 2. The van der Waals surface area contributed by atoms with E-state index in [4.69, 9.17) is 4.74 Å². The van der Waals surface area contributed by atoms with Gasteiger partial charge < -0.3 is 14.9 Å². The number of ether oxygens (including phenoxy) is 1. The first-order valence-electron chi connectivity index (χ1n) is 13.5. The van der Waals surface area contributed by atoms with E-state index in [0.717, 1.165) is 48.9 Å². The predicted molar refractivity (Wildman–Crippen MR) is 141 cm³/mol. The number of Topliss-reactive ketones (excluding diaryl/α,β-unsaturated/α-hetero) is 1. The molecule has 7 atom stereocenters. The normalized spacial score (nSPS) is 36.6. The third kappa shape index (κ3) is 6.63. The number of nitrogens with zero attached hydrogens (tertiary/aromatic N) is 1. The summed E-state index contributed by atoms with van der Waals surface area (Å²) in [5.74, 6) is -0.955. The molecule has 36 heavy (non-hydrogen) atoms. The molecular weight excluding hydrogens is 454 g/mol. The van der Waals surface area contributed by atoms with Crippen molar-refractivity contribution < 1.29 is 24.5 Å². The minimum Gasteiger partial charge on any atom is -0.458 e. The second-order valence-electron chi connectivity index (χ2n) is 12.4. The monoisotopic (exact) mass is 499 g/mol. The minimum absolute atomic E-state index is 0.0181. The lowest BCUT2D eigenvalue weighted by Gasteiger charge is -2.34. The molecule has 1 aromatic rings. The Kier molecular flexibility index (Phi) is 8.82. The summed E-state index contributed by atoms with van der Waals surface area (Å²) in [5, 5.41) is 21.8. The van der Waals surface area contributed by atoms with Crippen LogP contribution in [0, 0.1) is 35.5 Å². The van der Waals surface area contributed by atoms with E-state index in [0.29, 0.717) is 5.92 Å². The van der Waals surface area contributed by atoms with Gasteiger partial charge in [-0.2, -0.15) is 0 Å². The number of rotatable bonds is 2. The van der Waals surface area contributed by atoms with Crippen molar-refractivity contribution in [1.82, 2.24) is 4.98 Å². The van der Waals surface area contributed by atoms with E-state index in [1.807, 2.05) is 45.2 Å². The molecule has 0 spiro atoms. The van der Waals surface area contributed by atoms with E-state index >= 15 is 0 Å². The molecule has 2 fully saturated rings. The Balaban J connectivity index is 1.86. The number of aromatic nitrogens is 1. The van der Waals surface area contributed by atoms with Crippen LogP contribution in [-0.2, 0) is 14.3 Å². The predicted octanol–water partition coefficient (Wildman–Crippen LogP) is 5.28. The SMILES string of the molecule is CC(=Cc1ccc(C)cn1)C1C[C@@H]2C[C@]2(C)CCC[C@H](C)[C@H](O)[C@@H](C)C(=O)C(C)(C)[C@@H](O)CC(=O)O1. The Hall–Kier alpha value is -2.05. The highest BCUT2D eigenvalue weighted by molar-refractivity contribution is 5.88. The summed E-state index contributed by atoms with van der Waals surface area (Å²) >= 11 is 0. The van der Waals surface area contributed by atoms with Gasteiger partial charge in [-0.15, -0.1) is 0 Å². The van der Waals surface area contributed by atoms with Crippen molar-refractivity contribution in [3.05, 3.63) is 35.2 Å². The quantitative estimate of drug-likeness (QED) is 0.537. The van der Waals surface area contributed by atoms with E-state index in [1.165, 1.54) is 0 Å². The minimum atomic E-state index is -1.20. The lowest BCUT2D eigenvalue weighted by atomic mass is 9.73. The van der Waals surface area contributed by atoms with Crippen molar-refractivity contribution >= 4 is 17.8 Å². The van der Waals surface area contributed by atoms with Crippen LogP contribution in [0.4, 0.5) is 0 Å². The van der Waals surface area contributed by atoms with Crippen molar-refractivity contribution in [2.75, 3.05) is 0 Å². The van der Waals surface area contributed by atoms with Gasteiger partial charge >= 0.3 is 5.97 Å². The molecule has 200 valence electrons. The molecule has 2 aliphatic rings. The van der Waals surface area contributed by atoms with E-state index in [2.05, 4.69) is 11.9 Å². The maximum atomic E-state index is 13.3. The maximum absolute atomic E-state index is 13.3. The molecule has 0 amide bonds. The summed E-state index contributed by atoms with van der Waals surface area (Å²) in [4.78, 5) is 30.7. The molecule has 0 aromatic carbocycles. The first kappa shape index (κ1) is 28.5. The fraction of sp³-hybridized carbons (Fsp3) is 0.700. The Labute approximate surface area is 216 Å². The number of pyridine rings is 1. The van der Waals surface area contributed by atoms with Gasteiger partial charge in [-0.05, 0) is 80.1 Å². The maximum Gasteiger partial charge on any atom is 0.309 e. The molecule has 2 heterocycles. The number of cyclic esters (lactones) is 1. The molecule has 6 nitrogen and oxygen atoms in total. The zero-order valence-corrected chi connectivity index (χ0v) is 23.1. The van der Waals surface area contributed by atoms with Crippen LogP contribution >= 0.6 is 0 Å². The molecule has 1 aliphatic heterocycles. The Morgan fingerprint density at radius 3 is 2.50 bits per heavy atom. The first-order valence-corrected chi connectivity index (χ1v) is 13.5. The van der Waals surface area contributed by atoms with Gasteiger partial charge in [-0.25, -0.2) is 0 Å². The van der Waals surface area contributed by atoms with Crippen LogP contribution in [0.2, 0.25) is 0 Å². The van der Waals surface area contributed by atoms with Crippen LogP contribution in [0.15, 0.2) is 23.9 Å². The van der Waals surface area contributed by atoms with Gasteiger partial charge in [0.15, 0.2) is 0 Å². The standard InChI is InChI=1S/C30H45NO5/c1-18-10-11-23(31-17-18)13-20(3)24-14-22-16-30(22,7)12-8-9-19(2)27(34)21(4)28(35)29(5,6)25(32)15-26(33)36-24/h10-11,13,17,19,21-22,24-25,27,32,34H,8-9,12,14-16H2,1-7H3/t19-,21+,22+,24?,25-,27-,30-/m0/s1. The summed E-state index contributed by atoms with van der Waals surface area (Å²) in [6, 6.07) is 3.95. The number of esters is 1. The third-order valence-corrected chi connectivity index (χ3v) is 8.87. The van der Waals surface area contributed by atoms with E-state index in [9.17, 15) is 19.8 Å². The average molecular weight is 500 g/mol. The lowest BCUT2D eigenvalue weighted by Crippen LogP contribution is -2.45. The van der Waals surface area contributed by atoms with Crippen LogP contribution in [-0.4, -0.2) is 45.3 Å². The summed E-state index contributed by atoms with van der Waals surface area (Å²) in [6.07, 6.45) is 5.79. The van der Waals surface area contributed by atoms with Crippen LogP contribution in [0.3, 0.4) is 0 Å². The van der Waals surface area contributed by atoms with Crippen molar-refractivity contribution in [1.29, 1.82) is 0 Å². The number of fused-ring (bicyclic) bond motifs is 1. The van der Waals surface area contributed by atoms with E-state index in [1.54, 1.807) is 20.8 Å². The molecule has 1 unspecified atom stereocenters. The van der Waals surface area contributed by atoms with Gasteiger partial charge in [-0.3, -0.25) is 14.6 Å². The highest BCUT2D eigenvalue weighted by Gasteiger charge is 2.50. The Morgan fingerprint density at radius 1 is 1.17 bits per heavy atom. The number of carbonyl (C=O) groups is 2. The fourth-order valence-electron chi connectivity index (χ4n) is 5.67. The van der Waals surface area contributed by atoms with Crippen LogP contribution < -0.4 is 0 Å². The topological polar surface area (TPSA) is 96.7 Å². The number of aryl methyl sites for hydroxylation is 1. The van der Waals surface area contributed by atoms with Crippen LogP contribution in [0.1, 0.15) is 91.3 Å². The van der Waals surface area contributed by atoms with E-state index in [-0.39, 0.29) is 23.5 Å². The van der Waals surface area contributed by atoms with Crippen LogP contribution in [0.25, 0.3) is 6.08 Å². The highest BCUT2D eigenvalue weighted by atomic mass is 16.5. The number of hydrogen-bond acceptors (Lipinski definition) is 6. The molecular formula is C30H45NO5. The summed E-state index contributed by atoms with van der Waals surface area (Å²) in [6.45, 7) is 13.3. The zero-order valence-electron chi connectivity index (χ0n) is 23.1. The smallest absolute Gasteiger partial charge is 0.309 e. The second kappa shape index (κ2) is 11.1. The molecule has 0 radical (unpaired) electrons. The molecule has 1 saturated heterocycles. The fourth-order valence-corrected chi connectivity index (χ4v) is 5.67. The van der Waals surface area contributed by atoms with Crippen molar-refractivity contribution in [3.63, 3.8) is 0 Å². The van der Waals surface area contributed by atoms with Gasteiger partial charge in [0.2, 0.25) is 0 Å². The van der Waals surface area contributed by atoms with Crippen molar-refractivity contribution in [2.24, 2.45) is 28.6 Å². The van der Waals surface area contributed by atoms with Gasteiger partial charge in [0.25, 0.3) is 0 Å². The molecule has 3 rings (SSSR count). The Morgan fingerprint density at radius 2 is 1.86 bits per heavy atom. The largest absolute Gasteiger partial charge is 0.458 e. The first-order chi connectivity index (χ1) is 16.7. The number of aliphatic hydroxyl groups is 2. The second-order valence-corrected chi connectivity index (χ2v) is 12.4.